The van der Waals surface area contributed by atoms with Gasteiger partial charge in [0.1, 0.15) is 54.6 Å². The number of carboxylic acids is 1. The zero-order chi connectivity index (χ0) is 51.6. The number of carboxylic acid groups (broad SMARTS) is 1. The van der Waals surface area contributed by atoms with Crippen molar-refractivity contribution in [3.8, 4) is 0 Å². The van der Waals surface area contributed by atoms with E-state index in [-0.39, 0.29) is 45.2 Å². The van der Waals surface area contributed by atoms with E-state index >= 15 is 0 Å². The number of aliphatic carboxylic acids is 1. The van der Waals surface area contributed by atoms with Gasteiger partial charge in [-0.25, -0.2) is 4.79 Å². The number of hydrogen-bond donors (Lipinski definition) is 17. The first-order chi connectivity index (χ1) is 31.1. The van der Waals surface area contributed by atoms with Crippen molar-refractivity contribution < 1.29 is 68.1 Å². The maximum absolute atomic E-state index is 13.8. The first kappa shape index (κ1) is 61.9. The molecule has 0 saturated carbocycles. The van der Waals surface area contributed by atoms with E-state index in [0.29, 0.717) is 36.7 Å². The lowest BCUT2D eigenvalue weighted by Gasteiger charge is -2.28. The van der Waals surface area contributed by atoms with E-state index in [1.165, 1.54) is 13.8 Å². The quantitative estimate of drug-likeness (QED) is 0.0159. The molecule has 27 nitrogen and oxygen atoms in total. The maximum Gasteiger partial charge on any atom is 0.328 e. The van der Waals surface area contributed by atoms with Gasteiger partial charge in [-0.15, -0.1) is 0 Å². The lowest BCUT2D eigenvalue weighted by atomic mass is 10.0. The minimum absolute atomic E-state index is 0.0380. The van der Waals surface area contributed by atoms with Gasteiger partial charge in [-0.05, 0) is 91.6 Å². The van der Waals surface area contributed by atoms with E-state index < -0.39 is 133 Å². The number of aliphatic hydroxyl groups is 3. The normalized spacial score (nSPS) is 16.0. The highest BCUT2D eigenvalue weighted by molar-refractivity contribution is 5.97. The highest BCUT2D eigenvalue weighted by Gasteiger charge is 2.35. The average molecular weight is 964 g/mol. The topological polar surface area (TPSA) is 461 Å². The number of unbranched alkanes of at least 4 members (excludes halogenated alkanes) is 2. The fourth-order valence-electron chi connectivity index (χ4n) is 6.18. The Hall–Kier alpha value is -5.13. The highest BCUT2D eigenvalue weighted by Crippen LogP contribution is 2.09. The maximum atomic E-state index is 13.8. The van der Waals surface area contributed by atoms with Gasteiger partial charge in [-0.3, -0.25) is 43.7 Å². The number of primary amides is 1. The fraction of sp³-hybridized carbons (Fsp3) is 0.775. The molecule has 22 N–H and O–H groups in total. The summed E-state index contributed by atoms with van der Waals surface area (Å²) in [5, 5.41) is 58.8. The minimum atomic E-state index is -1.77. The molecule has 0 aromatic carbocycles. The second kappa shape index (κ2) is 31.8. The van der Waals surface area contributed by atoms with Crippen LogP contribution in [0.15, 0.2) is 0 Å². The Morgan fingerprint density at radius 3 is 1.43 bits per heavy atom. The third-order valence-corrected chi connectivity index (χ3v) is 10.2. The standard InChI is InChI=1S/C40H78N14O13/c1-21(32(59)48-26(14-11-18-46-40(44)45)34(61)49-24(13-8-10-19-54(4,5)6)35(62)52-28(20-55)39(66)67)47-38(65)31(23(3)57)53-36(63)27(15-16-29(42)58)50-33(60)25(12-7-9-17-41)51-37(64)30(43)22(2)56/h21-28,30-31,40,46,55-57H,7-20,41,43-45H2,1-6H3,(H9-,42,47,48,49,50,51,52,53,58,59,60,61,62,63,64,65,66,67)/p+1/t21-,22+,23+,24-,25-,26-,27-,28-,30-,31-/m0/s1. The number of hydrogen-bond acceptors (Lipinski definition) is 17. The summed E-state index contributed by atoms with van der Waals surface area (Å²) >= 11 is 0. The molecular formula is C40H79N14O13+. The van der Waals surface area contributed by atoms with Crippen LogP contribution in [0, 0.1) is 0 Å². The highest BCUT2D eigenvalue weighted by atomic mass is 16.4. The molecule has 0 radical (unpaired) electrons. The number of carbonyl (C=O) groups is 9. The summed E-state index contributed by atoms with van der Waals surface area (Å²) in [5.41, 5.74) is 27.7. The summed E-state index contributed by atoms with van der Waals surface area (Å²) < 4.78 is 0.611. The molecule has 0 bridgehead atoms. The van der Waals surface area contributed by atoms with Gasteiger partial charge in [0.2, 0.25) is 47.3 Å². The second-order valence-corrected chi connectivity index (χ2v) is 17.5. The molecule has 0 aliphatic rings. The molecule has 0 saturated heterocycles. The summed E-state index contributed by atoms with van der Waals surface area (Å²) in [6, 6.07) is -11.7. The Kier molecular flexibility index (Phi) is 29.3. The van der Waals surface area contributed by atoms with Crippen LogP contribution in [0.25, 0.3) is 0 Å². The first-order valence-electron chi connectivity index (χ1n) is 22.3. The monoisotopic (exact) mass is 964 g/mol. The van der Waals surface area contributed by atoms with Crippen LogP contribution >= 0.6 is 0 Å². The van der Waals surface area contributed by atoms with Crippen molar-refractivity contribution in [2.75, 3.05) is 47.4 Å². The summed E-state index contributed by atoms with van der Waals surface area (Å²) in [6.07, 6.45) is -2.47. The lowest BCUT2D eigenvalue weighted by Crippen LogP contribution is -2.61. The SMILES string of the molecule is C[C@H](NC(=O)[C@@H](NC(=O)[C@H](CCC(N)=O)NC(=O)[C@H](CCCCN)NC(=O)[C@@H](N)[C@@H](C)O)[C@@H](C)O)C(=O)N[C@@H](CCCNC(N)N)C(=O)N[C@@H](CCCC[N+](C)(C)C)C(=O)N[C@@H](CO)C(=O)O. The predicted molar refractivity (Wildman–Crippen MR) is 243 cm³/mol. The van der Waals surface area contributed by atoms with Crippen molar-refractivity contribution in [3.63, 3.8) is 0 Å². The van der Waals surface area contributed by atoms with Gasteiger partial charge in [-0.1, -0.05) is 0 Å². The molecule has 0 unspecified atom stereocenters. The van der Waals surface area contributed by atoms with Crippen molar-refractivity contribution in [1.29, 1.82) is 0 Å². The van der Waals surface area contributed by atoms with Crippen LogP contribution in [-0.4, -0.2) is 192 Å². The van der Waals surface area contributed by atoms with Crippen molar-refractivity contribution in [3.05, 3.63) is 0 Å². The Balaban J connectivity index is 6.36. The third kappa shape index (κ3) is 26.1. The molecule has 0 fully saturated rings. The number of nitrogens with two attached hydrogens (primary N) is 5. The molecule has 0 heterocycles. The van der Waals surface area contributed by atoms with Gasteiger partial charge in [0.25, 0.3) is 0 Å². The van der Waals surface area contributed by atoms with Crippen molar-refractivity contribution in [1.82, 2.24) is 42.5 Å². The van der Waals surface area contributed by atoms with Gasteiger partial charge in [0, 0.05) is 6.42 Å². The second-order valence-electron chi connectivity index (χ2n) is 17.5. The number of carbonyl (C=O) groups excluding carboxylic acids is 8. The molecule has 8 amide bonds. The van der Waals surface area contributed by atoms with Crippen LogP contribution in [0.3, 0.4) is 0 Å². The molecule has 27 heteroatoms. The molecule has 0 aliphatic heterocycles. The van der Waals surface area contributed by atoms with Gasteiger partial charge in [-0.2, -0.15) is 0 Å². The molecule has 0 aromatic rings. The van der Waals surface area contributed by atoms with Crippen LogP contribution < -0.4 is 71.2 Å². The van der Waals surface area contributed by atoms with E-state index in [1.54, 1.807) is 0 Å². The largest absolute Gasteiger partial charge is 0.480 e. The number of rotatable bonds is 35. The third-order valence-electron chi connectivity index (χ3n) is 10.2. The lowest BCUT2D eigenvalue weighted by molar-refractivity contribution is -0.870. The first-order valence-corrected chi connectivity index (χ1v) is 22.3. The molecule has 386 valence electrons. The zero-order valence-electron chi connectivity index (χ0n) is 39.5. The van der Waals surface area contributed by atoms with Gasteiger partial charge >= 0.3 is 5.97 Å². The summed E-state index contributed by atoms with van der Waals surface area (Å²) in [5.74, 6) is -8.93. The van der Waals surface area contributed by atoms with Gasteiger partial charge < -0.3 is 90.8 Å². The van der Waals surface area contributed by atoms with Crippen molar-refractivity contribution >= 4 is 53.2 Å². The van der Waals surface area contributed by atoms with Gasteiger partial charge in [0.05, 0.1) is 46.5 Å². The summed E-state index contributed by atoms with van der Waals surface area (Å²) in [7, 11) is 5.90. The molecule has 0 rings (SSSR count). The number of amides is 8. The van der Waals surface area contributed by atoms with E-state index in [2.05, 4.69) is 42.5 Å². The average Bonchev–Trinajstić information content (AvgIpc) is 3.23. The number of aliphatic hydroxyl groups excluding tert-OH is 3. The van der Waals surface area contributed by atoms with Crippen molar-refractivity contribution in [2.45, 2.75) is 152 Å². The minimum Gasteiger partial charge on any atom is -0.480 e. The van der Waals surface area contributed by atoms with Gasteiger partial charge in [0.15, 0.2) is 0 Å². The van der Waals surface area contributed by atoms with Crippen LogP contribution in [0.1, 0.15) is 85.0 Å². The van der Waals surface area contributed by atoms with E-state index in [1.807, 2.05) is 21.1 Å². The Morgan fingerprint density at radius 2 is 1.00 bits per heavy atom. The molecule has 67 heavy (non-hydrogen) atoms. The number of quaternary nitrogens is 1. The van der Waals surface area contributed by atoms with Crippen LogP contribution in [-0.2, 0) is 43.2 Å². The number of nitrogens with one attached hydrogen (secondary N) is 8. The zero-order valence-corrected chi connectivity index (χ0v) is 39.5. The Morgan fingerprint density at radius 1 is 0.552 bits per heavy atom. The van der Waals surface area contributed by atoms with Crippen molar-refractivity contribution in [2.24, 2.45) is 28.7 Å². The molecule has 0 aliphatic carbocycles. The van der Waals surface area contributed by atoms with Crippen LogP contribution in [0.5, 0.6) is 0 Å². The van der Waals surface area contributed by atoms with E-state index in [9.17, 15) is 63.6 Å². The summed E-state index contributed by atoms with van der Waals surface area (Å²) in [6.45, 7) is 3.90. The number of nitrogens with zero attached hydrogens (tertiary/aromatic N) is 1. The summed E-state index contributed by atoms with van der Waals surface area (Å²) in [4.78, 5) is 117. The van der Waals surface area contributed by atoms with Crippen LogP contribution in [0.2, 0.25) is 0 Å². The Labute approximate surface area is 391 Å². The molecule has 0 aromatic heterocycles. The molecule has 0 spiro atoms. The smallest absolute Gasteiger partial charge is 0.328 e. The Bertz CT molecular complexity index is 1620. The predicted octanol–water partition coefficient (Wildman–Crippen LogP) is -7.59. The van der Waals surface area contributed by atoms with Crippen LogP contribution in [0.4, 0.5) is 0 Å². The van der Waals surface area contributed by atoms with E-state index in [4.69, 9.17) is 28.7 Å². The van der Waals surface area contributed by atoms with E-state index in [0.717, 1.165) is 6.92 Å². The fourth-order valence-corrected chi connectivity index (χ4v) is 6.18. The molecule has 10 atom stereocenters. The molecular weight excluding hydrogens is 885 g/mol.